The van der Waals surface area contributed by atoms with Crippen molar-refractivity contribution in [3.8, 4) is 0 Å². The first-order valence-electron chi connectivity index (χ1n) is 5.56. The predicted octanol–water partition coefficient (Wildman–Crippen LogP) is 2.44. The third-order valence-corrected chi connectivity index (χ3v) is 2.28. The van der Waals surface area contributed by atoms with E-state index in [9.17, 15) is 4.79 Å². The molecule has 0 aliphatic heterocycles. The second-order valence-electron chi connectivity index (χ2n) is 3.79. The van der Waals surface area contributed by atoms with Gasteiger partial charge in [0.15, 0.2) is 0 Å². The molecule has 1 amide bonds. The zero-order valence-electron chi connectivity index (χ0n) is 10.00. The van der Waals surface area contributed by atoms with Crippen LogP contribution in [0.5, 0.6) is 0 Å². The Bertz CT molecular complexity index is 564. The fraction of sp³-hybridized carbons (Fsp3) is 0.0714. The van der Waals surface area contributed by atoms with E-state index in [-0.39, 0.29) is 5.91 Å². The van der Waals surface area contributed by atoms with E-state index in [0.717, 1.165) is 16.9 Å². The molecule has 0 spiro atoms. The Balaban J connectivity index is 1.99. The van der Waals surface area contributed by atoms with Gasteiger partial charge in [0, 0.05) is 36.0 Å². The molecule has 0 bridgehead atoms. The monoisotopic (exact) mass is 239 g/mol. The molecule has 0 fully saturated rings. The molecule has 2 rings (SSSR count). The average Bonchev–Trinajstić information content (AvgIpc) is 2.38. The maximum Gasteiger partial charge on any atom is 0.248 e. The van der Waals surface area contributed by atoms with Gasteiger partial charge in [0.1, 0.15) is 0 Å². The molecule has 0 saturated heterocycles. The van der Waals surface area contributed by atoms with Crippen LogP contribution in [0.3, 0.4) is 0 Å². The summed E-state index contributed by atoms with van der Waals surface area (Å²) in [6.07, 6.45) is 8.25. The summed E-state index contributed by atoms with van der Waals surface area (Å²) < 4.78 is 0. The van der Waals surface area contributed by atoms with Gasteiger partial charge in [-0.05, 0) is 36.8 Å². The molecular formula is C14H13N3O. The van der Waals surface area contributed by atoms with Gasteiger partial charge < -0.3 is 5.32 Å². The normalized spacial score (nSPS) is 10.5. The van der Waals surface area contributed by atoms with E-state index in [2.05, 4.69) is 15.3 Å². The quantitative estimate of drug-likeness (QED) is 0.837. The van der Waals surface area contributed by atoms with Crippen LogP contribution in [0.25, 0.3) is 6.08 Å². The highest BCUT2D eigenvalue weighted by Gasteiger charge is 1.98. The van der Waals surface area contributed by atoms with Crippen molar-refractivity contribution >= 4 is 17.7 Å². The minimum atomic E-state index is -0.176. The number of rotatable bonds is 3. The number of pyridine rings is 2. The molecule has 0 radical (unpaired) electrons. The molecule has 0 aliphatic rings. The molecule has 4 heteroatoms. The van der Waals surface area contributed by atoms with Crippen molar-refractivity contribution in [1.82, 2.24) is 9.97 Å². The maximum absolute atomic E-state index is 11.7. The third kappa shape index (κ3) is 3.52. The Morgan fingerprint density at radius 1 is 1.33 bits per heavy atom. The van der Waals surface area contributed by atoms with Crippen molar-refractivity contribution in [2.45, 2.75) is 6.92 Å². The van der Waals surface area contributed by atoms with Crippen molar-refractivity contribution in [3.63, 3.8) is 0 Å². The van der Waals surface area contributed by atoms with Crippen molar-refractivity contribution in [3.05, 3.63) is 60.2 Å². The van der Waals surface area contributed by atoms with Gasteiger partial charge in [-0.2, -0.15) is 0 Å². The zero-order chi connectivity index (χ0) is 12.8. The molecule has 2 heterocycles. The second kappa shape index (κ2) is 5.72. The topological polar surface area (TPSA) is 54.9 Å². The number of hydrogen-bond acceptors (Lipinski definition) is 3. The summed E-state index contributed by atoms with van der Waals surface area (Å²) in [5, 5.41) is 2.77. The molecule has 4 nitrogen and oxygen atoms in total. The molecule has 0 atom stereocenters. The van der Waals surface area contributed by atoms with Crippen LogP contribution in [-0.2, 0) is 4.79 Å². The van der Waals surface area contributed by atoms with E-state index in [1.165, 1.54) is 6.08 Å². The molecule has 1 N–H and O–H groups in total. The highest BCUT2D eigenvalue weighted by Crippen LogP contribution is 2.07. The van der Waals surface area contributed by atoms with E-state index >= 15 is 0 Å². The first kappa shape index (κ1) is 12.0. The van der Waals surface area contributed by atoms with Gasteiger partial charge >= 0.3 is 0 Å². The van der Waals surface area contributed by atoms with E-state index in [4.69, 9.17) is 0 Å². The summed E-state index contributed by atoms with van der Waals surface area (Å²) in [7, 11) is 0. The summed E-state index contributed by atoms with van der Waals surface area (Å²) >= 11 is 0. The standard InChI is InChI=1S/C14H13N3O/c1-11-9-13(6-8-16-11)17-14(18)5-4-12-3-2-7-15-10-12/h2-10H,1H3,(H,16,17,18)/b5-4+. The lowest BCUT2D eigenvalue weighted by atomic mass is 10.2. The van der Waals surface area contributed by atoms with E-state index in [0.29, 0.717) is 0 Å². The van der Waals surface area contributed by atoms with E-state index in [1.807, 2.05) is 25.1 Å². The van der Waals surface area contributed by atoms with Gasteiger partial charge in [-0.15, -0.1) is 0 Å². The van der Waals surface area contributed by atoms with Crippen LogP contribution in [0.4, 0.5) is 5.69 Å². The predicted molar refractivity (Wildman–Crippen MR) is 70.9 cm³/mol. The van der Waals surface area contributed by atoms with Gasteiger partial charge in [0.2, 0.25) is 5.91 Å². The minimum absolute atomic E-state index is 0.176. The molecule has 18 heavy (non-hydrogen) atoms. The Hall–Kier alpha value is -2.49. The van der Waals surface area contributed by atoms with E-state index < -0.39 is 0 Å². The molecule has 0 saturated carbocycles. The third-order valence-electron chi connectivity index (χ3n) is 2.28. The van der Waals surface area contributed by atoms with E-state index in [1.54, 1.807) is 30.7 Å². The smallest absolute Gasteiger partial charge is 0.248 e. The number of carbonyl (C=O) groups excluding carboxylic acids is 1. The zero-order valence-corrected chi connectivity index (χ0v) is 10.00. The van der Waals surface area contributed by atoms with Gasteiger partial charge in [-0.25, -0.2) is 0 Å². The Morgan fingerprint density at radius 3 is 2.94 bits per heavy atom. The Morgan fingerprint density at radius 2 is 2.22 bits per heavy atom. The molecule has 0 unspecified atom stereocenters. The second-order valence-corrected chi connectivity index (χ2v) is 3.79. The lowest BCUT2D eigenvalue weighted by Crippen LogP contribution is -2.07. The summed E-state index contributed by atoms with van der Waals surface area (Å²) in [6.45, 7) is 1.88. The summed E-state index contributed by atoms with van der Waals surface area (Å²) in [5.74, 6) is -0.176. The highest BCUT2D eigenvalue weighted by atomic mass is 16.1. The number of carbonyl (C=O) groups is 1. The molecule has 0 aromatic carbocycles. The largest absolute Gasteiger partial charge is 0.322 e. The number of nitrogens with one attached hydrogen (secondary N) is 1. The van der Waals surface area contributed by atoms with Crippen LogP contribution in [-0.4, -0.2) is 15.9 Å². The number of hydrogen-bond donors (Lipinski definition) is 1. The SMILES string of the molecule is Cc1cc(NC(=O)/C=C/c2cccnc2)ccn1. The maximum atomic E-state index is 11.7. The molecular weight excluding hydrogens is 226 g/mol. The van der Waals surface area contributed by atoms with Gasteiger partial charge in [0.05, 0.1) is 0 Å². The van der Waals surface area contributed by atoms with Gasteiger partial charge in [0.25, 0.3) is 0 Å². The molecule has 90 valence electrons. The van der Waals surface area contributed by atoms with Crippen LogP contribution in [0.2, 0.25) is 0 Å². The van der Waals surface area contributed by atoms with Crippen LogP contribution >= 0.6 is 0 Å². The molecule has 2 aromatic heterocycles. The van der Waals surface area contributed by atoms with Crippen LogP contribution in [0.1, 0.15) is 11.3 Å². The summed E-state index contributed by atoms with van der Waals surface area (Å²) in [6, 6.07) is 7.27. The lowest BCUT2D eigenvalue weighted by Gasteiger charge is -2.02. The summed E-state index contributed by atoms with van der Waals surface area (Å²) in [4.78, 5) is 19.7. The number of anilines is 1. The van der Waals surface area contributed by atoms with Crippen LogP contribution in [0.15, 0.2) is 48.9 Å². The number of nitrogens with zero attached hydrogens (tertiary/aromatic N) is 2. The van der Waals surface area contributed by atoms with Crippen LogP contribution in [0, 0.1) is 6.92 Å². The first-order chi connectivity index (χ1) is 8.74. The number of amides is 1. The van der Waals surface area contributed by atoms with Crippen molar-refractivity contribution in [2.24, 2.45) is 0 Å². The van der Waals surface area contributed by atoms with Gasteiger partial charge in [-0.1, -0.05) is 6.07 Å². The molecule has 0 aliphatic carbocycles. The fourth-order valence-electron chi connectivity index (χ4n) is 1.45. The highest BCUT2D eigenvalue weighted by molar-refractivity contribution is 6.01. The molecule has 2 aromatic rings. The van der Waals surface area contributed by atoms with Crippen LogP contribution < -0.4 is 5.32 Å². The number of aryl methyl sites for hydroxylation is 1. The fourth-order valence-corrected chi connectivity index (χ4v) is 1.45. The Labute approximate surface area is 105 Å². The Kier molecular flexibility index (Phi) is 3.81. The van der Waals surface area contributed by atoms with Gasteiger partial charge in [-0.3, -0.25) is 14.8 Å². The first-order valence-corrected chi connectivity index (χ1v) is 5.56. The van der Waals surface area contributed by atoms with Crippen molar-refractivity contribution in [2.75, 3.05) is 5.32 Å². The minimum Gasteiger partial charge on any atom is -0.322 e. The number of aromatic nitrogens is 2. The van der Waals surface area contributed by atoms with Crippen molar-refractivity contribution < 1.29 is 4.79 Å². The average molecular weight is 239 g/mol. The lowest BCUT2D eigenvalue weighted by molar-refractivity contribution is -0.111. The van der Waals surface area contributed by atoms with Crippen molar-refractivity contribution in [1.29, 1.82) is 0 Å². The summed E-state index contributed by atoms with van der Waals surface area (Å²) in [5.41, 5.74) is 2.49.